The maximum Gasteiger partial charge on any atom is 0.164 e. The third-order valence-corrected chi connectivity index (χ3v) is 2.89. The number of methoxy groups -OCH3 is 3. The highest BCUT2D eigenvalue weighted by atomic mass is 35.5. The van der Waals surface area contributed by atoms with E-state index in [1.165, 1.54) is 21.3 Å². The molecule has 0 aliphatic carbocycles. The minimum absolute atomic E-state index is 0.0847. The molecule has 0 saturated carbocycles. The van der Waals surface area contributed by atoms with Crippen LogP contribution >= 0.6 is 11.6 Å². The van der Waals surface area contributed by atoms with Crippen molar-refractivity contribution in [3.8, 4) is 17.2 Å². The standard InChI is InChI=1S/C12H17ClO5/c1-16-9-5-11(18-3)10(17-2)4-7(9)12(15)8(14)6-13/h4-5,8,12,14-15H,6H2,1-3H3. The number of hydrogen-bond acceptors (Lipinski definition) is 5. The summed E-state index contributed by atoms with van der Waals surface area (Å²) in [7, 11) is 4.45. The second-order valence-corrected chi connectivity index (χ2v) is 3.92. The SMILES string of the molecule is COc1cc(OC)c(C(O)C(O)CCl)cc1OC. The van der Waals surface area contributed by atoms with Crippen LogP contribution in [0.5, 0.6) is 17.2 Å². The Morgan fingerprint density at radius 2 is 1.50 bits per heavy atom. The average molecular weight is 277 g/mol. The molecule has 0 aliphatic rings. The van der Waals surface area contributed by atoms with Crippen molar-refractivity contribution in [1.82, 2.24) is 0 Å². The van der Waals surface area contributed by atoms with E-state index in [-0.39, 0.29) is 5.88 Å². The van der Waals surface area contributed by atoms with E-state index in [0.29, 0.717) is 22.8 Å². The highest BCUT2D eigenvalue weighted by molar-refractivity contribution is 6.18. The molecule has 0 bridgehead atoms. The lowest BCUT2D eigenvalue weighted by atomic mass is 10.0. The first-order valence-electron chi connectivity index (χ1n) is 5.31. The normalized spacial score (nSPS) is 13.9. The molecular weight excluding hydrogens is 260 g/mol. The van der Waals surface area contributed by atoms with Gasteiger partial charge in [-0.1, -0.05) is 0 Å². The first kappa shape index (κ1) is 14.9. The van der Waals surface area contributed by atoms with E-state index in [1.54, 1.807) is 12.1 Å². The van der Waals surface area contributed by atoms with Gasteiger partial charge in [0.25, 0.3) is 0 Å². The monoisotopic (exact) mass is 276 g/mol. The molecule has 0 saturated heterocycles. The third kappa shape index (κ3) is 2.98. The largest absolute Gasteiger partial charge is 0.496 e. The van der Waals surface area contributed by atoms with Crippen LogP contribution in [0, 0.1) is 0 Å². The highest BCUT2D eigenvalue weighted by Gasteiger charge is 2.23. The van der Waals surface area contributed by atoms with E-state index in [4.69, 9.17) is 25.8 Å². The summed E-state index contributed by atoms with van der Waals surface area (Å²) in [5, 5.41) is 19.6. The molecule has 0 fully saturated rings. The molecule has 2 unspecified atom stereocenters. The molecule has 0 amide bonds. The Bertz CT molecular complexity index is 396. The van der Waals surface area contributed by atoms with Gasteiger partial charge in [0, 0.05) is 11.6 Å². The van der Waals surface area contributed by atoms with Crippen LogP contribution in [0.2, 0.25) is 0 Å². The molecule has 0 radical (unpaired) electrons. The fourth-order valence-electron chi connectivity index (χ4n) is 1.58. The topological polar surface area (TPSA) is 68.2 Å². The number of halogens is 1. The van der Waals surface area contributed by atoms with E-state index in [2.05, 4.69) is 0 Å². The molecule has 0 aliphatic heterocycles. The van der Waals surface area contributed by atoms with Crippen molar-refractivity contribution in [1.29, 1.82) is 0 Å². The number of hydrogen-bond donors (Lipinski definition) is 2. The lowest BCUT2D eigenvalue weighted by molar-refractivity contribution is 0.0310. The predicted molar refractivity (Wildman–Crippen MR) is 67.8 cm³/mol. The molecule has 2 N–H and O–H groups in total. The molecule has 102 valence electrons. The van der Waals surface area contributed by atoms with Crippen LogP contribution in [-0.2, 0) is 0 Å². The minimum atomic E-state index is -1.16. The molecule has 5 nitrogen and oxygen atoms in total. The van der Waals surface area contributed by atoms with Gasteiger partial charge in [0.05, 0.1) is 33.3 Å². The van der Waals surface area contributed by atoms with Crippen LogP contribution in [0.1, 0.15) is 11.7 Å². The third-order valence-electron chi connectivity index (χ3n) is 2.58. The van der Waals surface area contributed by atoms with Crippen molar-refractivity contribution in [2.45, 2.75) is 12.2 Å². The van der Waals surface area contributed by atoms with Crippen molar-refractivity contribution >= 4 is 11.6 Å². The van der Waals surface area contributed by atoms with Gasteiger partial charge < -0.3 is 24.4 Å². The van der Waals surface area contributed by atoms with Gasteiger partial charge in [-0.25, -0.2) is 0 Å². The minimum Gasteiger partial charge on any atom is -0.496 e. The predicted octanol–water partition coefficient (Wildman–Crippen LogP) is 1.35. The molecule has 0 aromatic heterocycles. The summed E-state index contributed by atoms with van der Waals surface area (Å²) < 4.78 is 15.4. The van der Waals surface area contributed by atoms with Gasteiger partial charge in [-0.15, -0.1) is 11.6 Å². The summed E-state index contributed by atoms with van der Waals surface area (Å²) in [5.41, 5.74) is 0.392. The van der Waals surface area contributed by atoms with Crippen molar-refractivity contribution in [3.63, 3.8) is 0 Å². The van der Waals surface area contributed by atoms with Gasteiger partial charge in [-0.05, 0) is 6.07 Å². The number of benzene rings is 1. The molecule has 6 heteroatoms. The molecule has 0 spiro atoms. The van der Waals surface area contributed by atoms with E-state index >= 15 is 0 Å². The van der Waals surface area contributed by atoms with Gasteiger partial charge in [0.1, 0.15) is 11.9 Å². The Morgan fingerprint density at radius 3 is 1.94 bits per heavy atom. The van der Waals surface area contributed by atoms with Crippen LogP contribution in [0.4, 0.5) is 0 Å². The Balaban J connectivity index is 3.24. The summed E-state index contributed by atoms with van der Waals surface area (Å²) in [6, 6.07) is 3.14. The fourth-order valence-corrected chi connectivity index (χ4v) is 1.74. The van der Waals surface area contributed by atoms with Gasteiger partial charge in [-0.2, -0.15) is 0 Å². The molecular formula is C12H17ClO5. The zero-order valence-corrected chi connectivity index (χ0v) is 11.3. The first-order valence-corrected chi connectivity index (χ1v) is 5.84. The number of alkyl halides is 1. The summed E-state index contributed by atoms with van der Waals surface area (Å²) in [6.07, 6.45) is -2.24. The van der Waals surface area contributed by atoms with E-state index < -0.39 is 12.2 Å². The van der Waals surface area contributed by atoms with Gasteiger partial charge in [0.15, 0.2) is 11.5 Å². The maximum absolute atomic E-state index is 9.97. The molecule has 0 heterocycles. The smallest absolute Gasteiger partial charge is 0.164 e. The first-order chi connectivity index (χ1) is 8.58. The molecule has 1 aromatic carbocycles. The maximum atomic E-state index is 9.97. The summed E-state index contributed by atoms with van der Waals surface area (Å²) in [4.78, 5) is 0. The van der Waals surface area contributed by atoms with Crippen molar-refractivity contribution in [2.75, 3.05) is 27.2 Å². The average Bonchev–Trinajstić information content (AvgIpc) is 2.43. The number of ether oxygens (including phenoxy) is 3. The van der Waals surface area contributed by atoms with Crippen LogP contribution in [-0.4, -0.2) is 43.5 Å². The zero-order chi connectivity index (χ0) is 13.7. The van der Waals surface area contributed by atoms with Gasteiger partial charge >= 0.3 is 0 Å². The summed E-state index contributed by atoms with van der Waals surface area (Å²) in [5.74, 6) is 1.22. The quantitative estimate of drug-likeness (QED) is 0.768. The zero-order valence-electron chi connectivity index (χ0n) is 10.5. The number of aliphatic hydroxyl groups excluding tert-OH is 2. The lowest BCUT2D eigenvalue weighted by Gasteiger charge is -2.20. The molecule has 1 aromatic rings. The van der Waals surface area contributed by atoms with Gasteiger partial charge in [0.2, 0.25) is 0 Å². The number of aliphatic hydroxyl groups is 2. The molecule has 2 atom stereocenters. The summed E-state index contributed by atoms with van der Waals surface area (Å²) >= 11 is 5.52. The van der Waals surface area contributed by atoms with Crippen LogP contribution in [0.3, 0.4) is 0 Å². The lowest BCUT2D eigenvalue weighted by Crippen LogP contribution is -2.20. The summed E-state index contributed by atoms with van der Waals surface area (Å²) in [6.45, 7) is 0. The van der Waals surface area contributed by atoms with Crippen LogP contribution in [0.25, 0.3) is 0 Å². The second-order valence-electron chi connectivity index (χ2n) is 3.62. The highest BCUT2D eigenvalue weighted by Crippen LogP contribution is 2.38. The Kier molecular flexibility index (Phi) is 5.53. The molecule has 18 heavy (non-hydrogen) atoms. The van der Waals surface area contributed by atoms with Crippen molar-refractivity contribution in [3.05, 3.63) is 17.7 Å². The molecule has 1 rings (SSSR count). The van der Waals surface area contributed by atoms with E-state index in [1.807, 2.05) is 0 Å². The Labute approximate surface area is 111 Å². The van der Waals surface area contributed by atoms with Gasteiger partial charge in [-0.3, -0.25) is 0 Å². The Hall–Kier alpha value is -1.17. The number of rotatable bonds is 6. The fraction of sp³-hybridized carbons (Fsp3) is 0.500. The second kappa shape index (κ2) is 6.68. The Morgan fingerprint density at radius 1 is 1.00 bits per heavy atom. The van der Waals surface area contributed by atoms with E-state index in [0.717, 1.165) is 0 Å². The van der Waals surface area contributed by atoms with Crippen molar-refractivity contribution < 1.29 is 24.4 Å². The van der Waals surface area contributed by atoms with Crippen molar-refractivity contribution in [2.24, 2.45) is 0 Å². The van der Waals surface area contributed by atoms with Crippen LogP contribution < -0.4 is 14.2 Å². The van der Waals surface area contributed by atoms with E-state index in [9.17, 15) is 10.2 Å². The van der Waals surface area contributed by atoms with Crippen LogP contribution in [0.15, 0.2) is 12.1 Å².